The first-order chi connectivity index (χ1) is 10.0. The summed E-state index contributed by atoms with van der Waals surface area (Å²) in [5.74, 6) is -0.621. The number of anilines is 1. The van der Waals surface area contributed by atoms with Gasteiger partial charge in [-0.05, 0) is 34.0 Å². The number of nitrogens with one attached hydrogen (secondary N) is 1. The number of amides is 1. The monoisotopic (exact) mass is 367 g/mol. The van der Waals surface area contributed by atoms with Crippen LogP contribution in [0.2, 0.25) is 0 Å². The summed E-state index contributed by atoms with van der Waals surface area (Å²) in [5, 5.41) is 3.29. The molecule has 2 aromatic rings. The van der Waals surface area contributed by atoms with Crippen LogP contribution >= 0.6 is 27.3 Å². The van der Waals surface area contributed by atoms with Crippen molar-refractivity contribution in [3.05, 3.63) is 50.8 Å². The lowest BCUT2D eigenvalue weighted by molar-refractivity contribution is -0.115. The minimum absolute atomic E-state index is 0.167. The van der Waals surface area contributed by atoms with Gasteiger partial charge in [0.05, 0.1) is 22.9 Å². The molecule has 0 aliphatic carbocycles. The van der Waals surface area contributed by atoms with Gasteiger partial charge in [0.2, 0.25) is 5.91 Å². The lowest BCUT2D eigenvalue weighted by Crippen LogP contribution is -2.16. The van der Waals surface area contributed by atoms with E-state index >= 15 is 0 Å². The molecule has 0 aliphatic heterocycles. The van der Waals surface area contributed by atoms with E-state index in [0.29, 0.717) is 10.6 Å². The second-order valence-corrected chi connectivity index (χ2v) is 6.75. The molecule has 0 spiro atoms. The number of halogens is 1. The first-order valence-electron chi connectivity index (χ1n) is 6.24. The maximum atomic E-state index is 12.1. The predicted octanol–water partition coefficient (Wildman–Crippen LogP) is 3.79. The van der Waals surface area contributed by atoms with Crippen LogP contribution < -0.4 is 5.32 Å². The maximum Gasteiger partial charge on any atom is 0.341 e. The number of methoxy groups -OCH3 is 1. The summed E-state index contributed by atoms with van der Waals surface area (Å²) in [6.07, 6.45) is 0.260. The van der Waals surface area contributed by atoms with Gasteiger partial charge in [-0.25, -0.2) is 4.79 Å². The molecule has 1 heterocycles. The zero-order valence-electron chi connectivity index (χ0n) is 11.6. The van der Waals surface area contributed by atoms with Crippen LogP contribution in [0, 0.1) is 6.92 Å². The van der Waals surface area contributed by atoms with Crippen LogP contribution in [0.3, 0.4) is 0 Å². The van der Waals surface area contributed by atoms with Gasteiger partial charge in [0.1, 0.15) is 5.00 Å². The number of carbonyl (C=O) groups is 2. The summed E-state index contributed by atoms with van der Waals surface area (Å²) < 4.78 is 5.57. The smallest absolute Gasteiger partial charge is 0.341 e. The maximum absolute atomic E-state index is 12.1. The highest BCUT2D eigenvalue weighted by atomic mass is 79.9. The van der Waals surface area contributed by atoms with Crippen LogP contribution in [0.15, 0.2) is 34.1 Å². The first kappa shape index (κ1) is 15.7. The van der Waals surface area contributed by atoms with Gasteiger partial charge in [0.25, 0.3) is 0 Å². The topological polar surface area (TPSA) is 55.4 Å². The van der Waals surface area contributed by atoms with E-state index in [1.165, 1.54) is 18.4 Å². The summed E-state index contributed by atoms with van der Waals surface area (Å²) in [4.78, 5) is 23.9. The predicted molar refractivity (Wildman–Crippen MR) is 86.9 cm³/mol. The molecule has 0 bridgehead atoms. The standard InChI is InChI=1S/C15H14BrNO3S/c1-9-12(15(19)20-2)14(21-13(9)16)17-11(18)8-10-6-4-3-5-7-10/h3-7H,8H2,1-2H3,(H,17,18). The summed E-state index contributed by atoms with van der Waals surface area (Å²) in [7, 11) is 1.32. The molecule has 2 rings (SSSR count). The third kappa shape index (κ3) is 3.71. The summed E-state index contributed by atoms with van der Waals surface area (Å²) in [6.45, 7) is 1.81. The third-order valence-electron chi connectivity index (χ3n) is 2.94. The van der Waals surface area contributed by atoms with E-state index in [4.69, 9.17) is 4.74 Å². The average molecular weight is 368 g/mol. The van der Waals surface area contributed by atoms with Crippen molar-refractivity contribution in [2.24, 2.45) is 0 Å². The average Bonchev–Trinajstić information content (AvgIpc) is 2.74. The third-order valence-corrected chi connectivity index (χ3v) is 5.01. The van der Waals surface area contributed by atoms with Gasteiger partial charge in [0, 0.05) is 0 Å². The number of hydrogen-bond donors (Lipinski definition) is 1. The minimum Gasteiger partial charge on any atom is -0.465 e. The molecule has 6 heteroatoms. The first-order valence-corrected chi connectivity index (χ1v) is 7.85. The van der Waals surface area contributed by atoms with Crippen molar-refractivity contribution in [1.82, 2.24) is 0 Å². The molecule has 0 unspecified atom stereocenters. The molecule has 0 atom stereocenters. The number of rotatable bonds is 4. The van der Waals surface area contributed by atoms with E-state index in [9.17, 15) is 9.59 Å². The van der Waals surface area contributed by atoms with Crippen molar-refractivity contribution in [3.63, 3.8) is 0 Å². The Hall–Kier alpha value is -1.66. The number of esters is 1. The van der Waals surface area contributed by atoms with Crippen LogP contribution in [0.1, 0.15) is 21.5 Å². The Balaban J connectivity index is 2.18. The molecule has 1 aromatic carbocycles. The van der Waals surface area contributed by atoms with Crippen molar-refractivity contribution in [2.75, 3.05) is 12.4 Å². The summed E-state index contributed by atoms with van der Waals surface area (Å²) >= 11 is 4.69. The Labute approximate surface area is 135 Å². The van der Waals surface area contributed by atoms with Gasteiger partial charge in [-0.15, -0.1) is 11.3 Å². The van der Waals surface area contributed by atoms with Crippen LogP contribution in [-0.4, -0.2) is 19.0 Å². The Morgan fingerprint density at radius 1 is 1.29 bits per heavy atom. The Kier molecular flexibility index (Phi) is 5.14. The molecule has 0 saturated heterocycles. The van der Waals surface area contributed by atoms with Crippen molar-refractivity contribution in [3.8, 4) is 0 Å². The molecule has 0 radical (unpaired) electrons. The van der Waals surface area contributed by atoms with Crippen molar-refractivity contribution < 1.29 is 14.3 Å². The number of thiophene rings is 1. The van der Waals surface area contributed by atoms with Crippen LogP contribution in [0.4, 0.5) is 5.00 Å². The molecule has 0 fully saturated rings. The van der Waals surface area contributed by atoms with E-state index < -0.39 is 5.97 Å². The SMILES string of the molecule is COC(=O)c1c(NC(=O)Cc2ccccc2)sc(Br)c1C. The number of ether oxygens (including phenoxy) is 1. The second kappa shape index (κ2) is 6.87. The van der Waals surface area contributed by atoms with Crippen LogP contribution in [0.25, 0.3) is 0 Å². The molecule has 1 aromatic heterocycles. The van der Waals surface area contributed by atoms with E-state index in [1.807, 2.05) is 30.3 Å². The van der Waals surface area contributed by atoms with Gasteiger partial charge < -0.3 is 10.1 Å². The van der Waals surface area contributed by atoms with E-state index in [2.05, 4.69) is 21.2 Å². The number of benzene rings is 1. The fraction of sp³-hybridized carbons (Fsp3) is 0.200. The number of hydrogen-bond acceptors (Lipinski definition) is 4. The molecular formula is C15H14BrNO3S. The molecule has 0 aliphatic rings. The van der Waals surface area contributed by atoms with Crippen molar-refractivity contribution >= 4 is 44.1 Å². The lowest BCUT2D eigenvalue weighted by Gasteiger charge is -2.06. The molecule has 4 nitrogen and oxygen atoms in total. The highest BCUT2D eigenvalue weighted by Gasteiger charge is 2.22. The Morgan fingerprint density at radius 2 is 1.95 bits per heavy atom. The molecule has 110 valence electrons. The Bertz CT molecular complexity index is 667. The van der Waals surface area contributed by atoms with Crippen molar-refractivity contribution in [2.45, 2.75) is 13.3 Å². The highest BCUT2D eigenvalue weighted by molar-refractivity contribution is 9.11. The van der Waals surface area contributed by atoms with E-state index in [-0.39, 0.29) is 12.3 Å². The molecule has 21 heavy (non-hydrogen) atoms. The van der Waals surface area contributed by atoms with E-state index in [0.717, 1.165) is 14.9 Å². The zero-order valence-corrected chi connectivity index (χ0v) is 14.0. The van der Waals surface area contributed by atoms with Crippen LogP contribution in [-0.2, 0) is 16.0 Å². The van der Waals surface area contributed by atoms with Gasteiger partial charge in [-0.2, -0.15) is 0 Å². The minimum atomic E-state index is -0.454. The fourth-order valence-corrected chi connectivity index (χ4v) is 3.50. The van der Waals surface area contributed by atoms with Gasteiger partial charge in [-0.1, -0.05) is 30.3 Å². The van der Waals surface area contributed by atoms with Gasteiger partial charge in [-0.3, -0.25) is 4.79 Å². The largest absolute Gasteiger partial charge is 0.465 e. The molecular weight excluding hydrogens is 354 g/mol. The Morgan fingerprint density at radius 3 is 2.57 bits per heavy atom. The lowest BCUT2D eigenvalue weighted by atomic mass is 10.1. The quantitative estimate of drug-likeness (QED) is 0.836. The fourth-order valence-electron chi connectivity index (χ4n) is 1.87. The molecule has 1 amide bonds. The summed E-state index contributed by atoms with van der Waals surface area (Å²) in [6, 6.07) is 9.44. The van der Waals surface area contributed by atoms with Crippen LogP contribution in [0.5, 0.6) is 0 Å². The van der Waals surface area contributed by atoms with Gasteiger partial charge in [0.15, 0.2) is 0 Å². The molecule has 1 N–H and O–H groups in total. The second-order valence-electron chi connectivity index (χ2n) is 4.41. The summed E-state index contributed by atoms with van der Waals surface area (Å²) in [5.41, 5.74) is 2.08. The van der Waals surface area contributed by atoms with E-state index in [1.54, 1.807) is 6.92 Å². The highest BCUT2D eigenvalue weighted by Crippen LogP contribution is 2.37. The zero-order chi connectivity index (χ0) is 15.4. The van der Waals surface area contributed by atoms with Crippen molar-refractivity contribution in [1.29, 1.82) is 0 Å². The molecule has 0 saturated carbocycles. The normalized spacial score (nSPS) is 10.2. The number of carbonyl (C=O) groups excluding carboxylic acids is 2. The van der Waals surface area contributed by atoms with Gasteiger partial charge >= 0.3 is 5.97 Å².